The zero-order valence-corrected chi connectivity index (χ0v) is 15.8. The van der Waals surface area contributed by atoms with Gasteiger partial charge in [-0.2, -0.15) is 0 Å². The summed E-state index contributed by atoms with van der Waals surface area (Å²) in [6.07, 6.45) is 3.93. The van der Waals surface area contributed by atoms with E-state index in [1.54, 1.807) is 0 Å². The summed E-state index contributed by atoms with van der Waals surface area (Å²) < 4.78 is 25.2. The first-order valence-electron chi connectivity index (χ1n) is 7.92. The molecule has 1 aliphatic rings. The van der Waals surface area contributed by atoms with Crippen LogP contribution in [-0.4, -0.2) is 49.6 Å². The van der Waals surface area contributed by atoms with Crippen LogP contribution in [0.2, 0.25) is 0 Å². The van der Waals surface area contributed by atoms with E-state index in [0.29, 0.717) is 17.3 Å². The summed E-state index contributed by atoms with van der Waals surface area (Å²) in [6.45, 7) is 6.94. The molecule has 1 atom stereocenters. The van der Waals surface area contributed by atoms with Crippen molar-refractivity contribution < 1.29 is 13.2 Å². The van der Waals surface area contributed by atoms with E-state index in [1.807, 2.05) is 11.8 Å². The SMILES string of the molecule is Cc1nc(C(C)C)sc1C(=O)N1CCCC[C@@H]1CNS(C)(=O)=O. The maximum absolute atomic E-state index is 12.9. The number of thiazole rings is 1. The highest BCUT2D eigenvalue weighted by molar-refractivity contribution is 7.88. The second-order valence-electron chi connectivity index (χ2n) is 6.39. The van der Waals surface area contributed by atoms with Gasteiger partial charge in [0.15, 0.2) is 0 Å². The van der Waals surface area contributed by atoms with Crippen LogP contribution in [0.1, 0.15) is 59.4 Å². The van der Waals surface area contributed by atoms with Crippen molar-refractivity contribution in [3.05, 3.63) is 15.6 Å². The first-order valence-corrected chi connectivity index (χ1v) is 10.6. The lowest BCUT2D eigenvalue weighted by Gasteiger charge is -2.35. The zero-order chi connectivity index (χ0) is 17.2. The number of piperidine rings is 1. The number of likely N-dealkylation sites (tertiary alicyclic amines) is 1. The standard InChI is InChI=1S/C15H25N3O3S2/c1-10(2)14-17-11(3)13(22-14)15(19)18-8-6-5-7-12(18)9-16-23(4,20)21/h10,12,16H,5-9H2,1-4H3/t12-/m1/s1. The Balaban J connectivity index is 2.17. The van der Waals surface area contributed by atoms with Gasteiger partial charge in [-0.25, -0.2) is 18.1 Å². The fraction of sp³-hybridized carbons (Fsp3) is 0.733. The zero-order valence-electron chi connectivity index (χ0n) is 14.1. The lowest BCUT2D eigenvalue weighted by atomic mass is 10.0. The van der Waals surface area contributed by atoms with E-state index in [4.69, 9.17) is 0 Å². The van der Waals surface area contributed by atoms with Gasteiger partial charge < -0.3 is 4.90 Å². The van der Waals surface area contributed by atoms with Gasteiger partial charge in [-0.05, 0) is 26.2 Å². The van der Waals surface area contributed by atoms with Crippen molar-refractivity contribution in [2.75, 3.05) is 19.3 Å². The summed E-state index contributed by atoms with van der Waals surface area (Å²) in [7, 11) is -3.25. The molecule has 0 saturated carbocycles. The third kappa shape index (κ3) is 4.74. The monoisotopic (exact) mass is 359 g/mol. The van der Waals surface area contributed by atoms with E-state index < -0.39 is 10.0 Å². The lowest BCUT2D eigenvalue weighted by molar-refractivity contribution is 0.0623. The van der Waals surface area contributed by atoms with Gasteiger partial charge in [0.1, 0.15) is 4.88 Å². The third-order valence-corrected chi connectivity index (χ3v) is 6.11. The van der Waals surface area contributed by atoms with Crippen LogP contribution in [0.3, 0.4) is 0 Å². The molecule has 23 heavy (non-hydrogen) atoms. The van der Waals surface area contributed by atoms with Crippen LogP contribution in [0.4, 0.5) is 0 Å². The number of hydrogen-bond acceptors (Lipinski definition) is 5. The Bertz CT molecular complexity index is 668. The van der Waals surface area contributed by atoms with Crippen LogP contribution in [0, 0.1) is 6.92 Å². The second-order valence-corrected chi connectivity index (χ2v) is 9.25. The van der Waals surface area contributed by atoms with Crippen molar-refractivity contribution in [3.8, 4) is 0 Å². The summed E-state index contributed by atoms with van der Waals surface area (Å²) in [4.78, 5) is 19.9. The van der Waals surface area contributed by atoms with Gasteiger partial charge in [0.25, 0.3) is 5.91 Å². The van der Waals surface area contributed by atoms with E-state index >= 15 is 0 Å². The maximum atomic E-state index is 12.9. The highest BCUT2D eigenvalue weighted by Crippen LogP contribution is 2.28. The second kappa shape index (κ2) is 7.27. The topological polar surface area (TPSA) is 79.4 Å². The van der Waals surface area contributed by atoms with Gasteiger partial charge in [0.2, 0.25) is 10.0 Å². The number of aryl methyl sites for hydroxylation is 1. The predicted molar refractivity (Wildman–Crippen MR) is 92.5 cm³/mol. The summed E-state index contributed by atoms with van der Waals surface area (Å²) in [5.74, 6) is 0.274. The number of carbonyl (C=O) groups is 1. The minimum absolute atomic E-state index is 0.0214. The Morgan fingerprint density at radius 1 is 1.43 bits per heavy atom. The summed E-state index contributed by atoms with van der Waals surface area (Å²) in [5.41, 5.74) is 0.768. The van der Waals surface area contributed by atoms with Gasteiger partial charge >= 0.3 is 0 Å². The van der Waals surface area contributed by atoms with Crippen molar-refractivity contribution in [1.29, 1.82) is 0 Å². The number of carbonyl (C=O) groups excluding carboxylic acids is 1. The van der Waals surface area contributed by atoms with Crippen LogP contribution in [-0.2, 0) is 10.0 Å². The van der Waals surface area contributed by atoms with Crippen molar-refractivity contribution >= 4 is 27.3 Å². The number of sulfonamides is 1. The smallest absolute Gasteiger partial charge is 0.266 e. The minimum atomic E-state index is -3.25. The normalized spacial score (nSPS) is 19.3. The Kier molecular flexibility index (Phi) is 5.80. The molecule has 1 fully saturated rings. The molecule has 1 aromatic heterocycles. The average molecular weight is 360 g/mol. The van der Waals surface area contributed by atoms with Crippen LogP contribution in [0.15, 0.2) is 0 Å². The molecule has 0 bridgehead atoms. The Labute approximate surface area is 142 Å². The highest BCUT2D eigenvalue weighted by Gasteiger charge is 2.30. The molecule has 2 heterocycles. The fourth-order valence-corrected chi connectivity index (χ4v) is 4.24. The highest BCUT2D eigenvalue weighted by atomic mass is 32.2. The first-order chi connectivity index (χ1) is 10.7. The molecule has 0 unspecified atom stereocenters. The Morgan fingerprint density at radius 3 is 2.70 bits per heavy atom. The molecule has 1 saturated heterocycles. The fourth-order valence-electron chi connectivity index (χ4n) is 2.72. The average Bonchev–Trinajstić information content (AvgIpc) is 2.86. The summed E-state index contributed by atoms with van der Waals surface area (Å²) in [6, 6.07) is -0.0880. The first kappa shape index (κ1) is 18.4. The van der Waals surface area contributed by atoms with Crippen LogP contribution in [0.25, 0.3) is 0 Å². The molecular weight excluding hydrogens is 334 g/mol. The molecule has 1 aliphatic heterocycles. The number of amides is 1. The quantitative estimate of drug-likeness (QED) is 0.873. The van der Waals surface area contributed by atoms with Gasteiger partial charge in [-0.1, -0.05) is 13.8 Å². The third-order valence-electron chi connectivity index (χ3n) is 3.97. The molecule has 0 spiro atoms. The molecule has 8 heteroatoms. The maximum Gasteiger partial charge on any atom is 0.266 e. The lowest BCUT2D eigenvalue weighted by Crippen LogP contribution is -2.49. The summed E-state index contributed by atoms with van der Waals surface area (Å²) in [5, 5.41) is 0.966. The molecule has 1 N–H and O–H groups in total. The molecule has 0 radical (unpaired) electrons. The van der Waals surface area contributed by atoms with Crippen molar-refractivity contribution in [3.63, 3.8) is 0 Å². The van der Waals surface area contributed by atoms with Gasteiger partial charge in [-0.15, -0.1) is 11.3 Å². The van der Waals surface area contributed by atoms with E-state index in [0.717, 1.165) is 36.2 Å². The molecule has 2 rings (SSSR count). The molecular formula is C15H25N3O3S2. The van der Waals surface area contributed by atoms with E-state index in [9.17, 15) is 13.2 Å². The molecule has 0 aromatic carbocycles. The number of aromatic nitrogens is 1. The van der Waals surface area contributed by atoms with Crippen LogP contribution < -0.4 is 4.72 Å². The summed E-state index contributed by atoms with van der Waals surface area (Å²) >= 11 is 1.45. The Morgan fingerprint density at radius 2 is 2.13 bits per heavy atom. The van der Waals surface area contributed by atoms with Gasteiger partial charge in [0, 0.05) is 25.0 Å². The van der Waals surface area contributed by atoms with Gasteiger partial charge in [-0.3, -0.25) is 4.79 Å². The number of nitrogens with one attached hydrogen (secondary N) is 1. The molecule has 1 amide bonds. The minimum Gasteiger partial charge on any atom is -0.334 e. The van der Waals surface area contributed by atoms with E-state index in [2.05, 4.69) is 23.6 Å². The van der Waals surface area contributed by atoms with Crippen LogP contribution >= 0.6 is 11.3 Å². The van der Waals surface area contributed by atoms with Crippen LogP contribution in [0.5, 0.6) is 0 Å². The Hall–Kier alpha value is -0.990. The molecule has 6 nitrogen and oxygen atoms in total. The van der Waals surface area contributed by atoms with Gasteiger partial charge in [0.05, 0.1) is 17.0 Å². The predicted octanol–water partition coefficient (Wildman–Crippen LogP) is 2.12. The molecule has 1 aromatic rings. The molecule has 0 aliphatic carbocycles. The number of rotatable bonds is 5. The van der Waals surface area contributed by atoms with E-state index in [-0.39, 0.29) is 18.5 Å². The van der Waals surface area contributed by atoms with Crippen molar-refractivity contribution in [2.24, 2.45) is 0 Å². The number of nitrogens with zero attached hydrogens (tertiary/aromatic N) is 2. The number of hydrogen-bond donors (Lipinski definition) is 1. The van der Waals surface area contributed by atoms with Crippen molar-refractivity contribution in [2.45, 2.75) is 52.0 Å². The molecule has 130 valence electrons. The van der Waals surface area contributed by atoms with Crippen molar-refractivity contribution in [1.82, 2.24) is 14.6 Å². The van der Waals surface area contributed by atoms with E-state index in [1.165, 1.54) is 11.3 Å². The largest absolute Gasteiger partial charge is 0.334 e.